The summed E-state index contributed by atoms with van der Waals surface area (Å²) in [4.78, 5) is 0. The highest BCUT2D eigenvalue weighted by Gasteiger charge is 2.46. The molecule has 2 aromatic carbocycles. The number of halogens is 6. The van der Waals surface area contributed by atoms with Gasteiger partial charge in [-0.1, -0.05) is 13.3 Å². The summed E-state index contributed by atoms with van der Waals surface area (Å²) in [6, 6.07) is 4.19. The van der Waals surface area contributed by atoms with Crippen LogP contribution in [0, 0.1) is 46.9 Å². The zero-order chi connectivity index (χ0) is 30.6. The van der Waals surface area contributed by atoms with Gasteiger partial charge in [0.25, 0.3) is 0 Å². The van der Waals surface area contributed by atoms with Crippen molar-refractivity contribution in [1.82, 2.24) is 0 Å². The number of alkyl halides is 2. The van der Waals surface area contributed by atoms with E-state index in [0.717, 1.165) is 63.3 Å². The minimum atomic E-state index is -3.55. The summed E-state index contributed by atoms with van der Waals surface area (Å²) in [6.45, 7) is 4.23. The molecule has 5 rings (SSSR count). The van der Waals surface area contributed by atoms with Gasteiger partial charge in [0.15, 0.2) is 23.7 Å². The molecular formula is C33H40F6O4. The second kappa shape index (κ2) is 14.2. The third kappa shape index (κ3) is 7.87. The standard InChI is InChI=1S/C33H40F6O4/c1-2-3-14-40-25-10-6-20(7-11-25)23-18-41-32(42-19-23)21-4-8-24(9-5-21)33(38,39)43-26-12-13-27(28(34)17-26)22-15-29(35)31(37)30(36)16-22/h12-13,15-17,20-21,23-25,32H,2-11,14,18-19H2,1H3. The first-order valence-electron chi connectivity index (χ1n) is 15.5. The van der Waals surface area contributed by atoms with Crippen LogP contribution < -0.4 is 4.74 Å². The van der Waals surface area contributed by atoms with Crippen molar-refractivity contribution in [2.45, 2.75) is 89.6 Å². The molecule has 0 aromatic heterocycles. The molecule has 43 heavy (non-hydrogen) atoms. The Kier molecular flexibility index (Phi) is 10.6. The molecule has 0 radical (unpaired) electrons. The maximum atomic E-state index is 15.1. The molecular weight excluding hydrogens is 574 g/mol. The molecule has 1 saturated heterocycles. The van der Waals surface area contributed by atoms with Gasteiger partial charge in [0.05, 0.1) is 25.2 Å². The Balaban J connectivity index is 1.07. The molecule has 10 heteroatoms. The molecule has 2 aromatic rings. The van der Waals surface area contributed by atoms with Gasteiger partial charge in [0.1, 0.15) is 11.6 Å². The summed E-state index contributed by atoms with van der Waals surface area (Å²) < 4.78 is 108. The summed E-state index contributed by atoms with van der Waals surface area (Å²) in [5.74, 6) is -6.24. The van der Waals surface area contributed by atoms with Gasteiger partial charge in [-0.05, 0) is 93.5 Å². The van der Waals surface area contributed by atoms with E-state index in [0.29, 0.717) is 56.1 Å². The van der Waals surface area contributed by atoms with Crippen molar-refractivity contribution in [2.75, 3.05) is 19.8 Å². The summed E-state index contributed by atoms with van der Waals surface area (Å²) in [7, 11) is 0. The second-order valence-corrected chi connectivity index (χ2v) is 12.2. The van der Waals surface area contributed by atoms with Gasteiger partial charge in [0, 0.05) is 30.1 Å². The van der Waals surface area contributed by atoms with Gasteiger partial charge in [-0.25, -0.2) is 17.6 Å². The predicted octanol–water partition coefficient (Wildman–Crippen LogP) is 9.05. The SMILES string of the molecule is CCCCOC1CCC(C2COC(C3CCC(C(F)(F)Oc4ccc(-c5cc(F)c(F)c(F)c5)c(F)c4)CC3)OC2)CC1. The molecule has 238 valence electrons. The Bertz CT molecular complexity index is 1180. The average molecular weight is 615 g/mol. The van der Waals surface area contributed by atoms with Crippen molar-refractivity contribution < 1.29 is 45.3 Å². The summed E-state index contributed by atoms with van der Waals surface area (Å²) in [6.07, 6.45) is 4.37. The third-order valence-corrected chi connectivity index (χ3v) is 9.31. The molecule has 2 saturated carbocycles. The fraction of sp³-hybridized carbons (Fsp3) is 0.636. The Hall–Kier alpha value is -2.30. The average Bonchev–Trinajstić information content (AvgIpc) is 3.00. The van der Waals surface area contributed by atoms with Crippen LogP contribution in [-0.4, -0.2) is 38.3 Å². The van der Waals surface area contributed by atoms with Crippen molar-refractivity contribution in [3.05, 3.63) is 53.6 Å². The van der Waals surface area contributed by atoms with Gasteiger partial charge in [-0.15, -0.1) is 0 Å². The number of unbranched alkanes of at least 4 members (excludes halogenated alkanes) is 1. The molecule has 0 bridgehead atoms. The highest BCUT2D eigenvalue weighted by atomic mass is 19.3. The van der Waals surface area contributed by atoms with E-state index in [1.165, 1.54) is 0 Å². The molecule has 0 atom stereocenters. The molecule has 2 aliphatic carbocycles. The maximum absolute atomic E-state index is 15.1. The lowest BCUT2D eigenvalue weighted by Gasteiger charge is -2.41. The Morgan fingerprint density at radius 2 is 1.40 bits per heavy atom. The molecule has 3 fully saturated rings. The number of ether oxygens (including phenoxy) is 4. The van der Waals surface area contributed by atoms with Crippen LogP contribution in [-0.2, 0) is 14.2 Å². The van der Waals surface area contributed by atoms with Crippen molar-refractivity contribution in [3.8, 4) is 16.9 Å². The topological polar surface area (TPSA) is 36.9 Å². The monoisotopic (exact) mass is 614 g/mol. The Labute approximate surface area is 249 Å². The van der Waals surface area contributed by atoms with Gasteiger partial charge < -0.3 is 18.9 Å². The lowest BCUT2D eigenvalue weighted by molar-refractivity contribution is -0.252. The minimum Gasteiger partial charge on any atom is -0.432 e. The third-order valence-electron chi connectivity index (χ3n) is 9.31. The zero-order valence-electron chi connectivity index (χ0n) is 24.4. The van der Waals surface area contributed by atoms with Crippen LogP contribution in [0.5, 0.6) is 5.75 Å². The van der Waals surface area contributed by atoms with E-state index in [2.05, 4.69) is 6.92 Å². The largest absolute Gasteiger partial charge is 0.432 e. The zero-order valence-corrected chi connectivity index (χ0v) is 24.4. The van der Waals surface area contributed by atoms with Crippen molar-refractivity contribution in [1.29, 1.82) is 0 Å². The lowest BCUT2D eigenvalue weighted by Crippen LogP contribution is -2.43. The smallest absolute Gasteiger partial charge is 0.400 e. The number of hydrogen-bond donors (Lipinski definition) is 0. The van der Waals surface area contributed by atoms with Gasteiger partial charge in [-0.3, -0.25) is 0 Å². The fourth-order valence-corrected chi connectivity index (χ4v) is 6.67. The highest BCUT2D eigenvalue weighted by Crippen LogP contribution is 2.43. The number of hydrogen-bond acceptors (Lipinski definition) is 4. The van der Waals surface area contributed by atoms with E-state index >= 15 is 8.78 Å². The number of rotatable bonds is 10. The van der Waals surface area contributed by atoms with Gasteiger partial charge in [-0.2, -0.15) is 8.78 Å². The Morgan fingerprint density at radius 3 is 2.00 bits per heavy atom. The fourth-order valence-electron chi connectivity index (χ4n) is 6.67. The second-order valence-electron chi connectivity index (χ2n) is 12.2. The first-order valence-corrected chi connectivity index (χ1v) is 15.5. The van der Waals surface area contributed by atoms with E-state index < -0.39 is 47.3 Å². The van der Waals surface area contributed by atoms with E-state index in [1.807, 2.05) is 0 Å². The lowest BCUT2D eigenvalue weighted by atomic mass is 9.78. The number of benzene rings is 2. The molecule has 3 aliphatic rings. The molecule has 0 spiro atoms. The quantitative estimate of drug-likeness (QED) is 0.152. The normalized spacial score (nSPS) is 28.5. The van der Waals surface area contributed by atoms with Crippen LogP contribution in [0.25, 0.3) is 11.1 Å². The van der Waals surface area contributed by atoms with E-state index in [-0.39, 0.29) is 29.9 Å². The molecule has 0 N–H and O–H groups in total. The molecule has 0 amide bonds. The summed E-state index contributed by atoms with van der Waals surface area (Å²) >= 11 is 0. The van der Waals surface area contributed by atoms with Crippen LogP contribution in [0.4, 0.5) is 26.3 Å². The molecule has 4 nitrogen and oxygen atoms in total. The van der Waals surface area contributed by atoms with E-state index in [9.17, 15) is 17.6 Å². The van der Waals surface area contributed by atoms with Crippen molar-refractivity contribution in [2.24, 2.45) is 23.7 Å². The minimum absolute atomic E-state index is 0.0175. The molecule has 1 heterocycles. The van der Waals surface area contributed by atoms with Crippen LogP contribution in [0.1, 0.15) is 71.1 Å². The Morgan fingerprint density at radius 1 is 0.767 bits per heavy atom. The first kappa shape index (κ1) is 32.1. The van der Waals surface area contributed by atoms with E-state index in [1.54, 1.807) is 0 Å². The van der Waals surface area contributed by atoms with Gasteiger partial charge in [0.2, 0.25) is 0 Å². The first-order chi connectivity index (χ1) is 20.6. The highest BCUT2D eigenvalue weighted by molar-refractivity contribution is 5.65. The predicted molar refractivity (Wildman–Crippen MR) is 149 cm³/mol. The van der Waals surface area contributed by atoms with Gasteiger partial charge >= 0.3 is 6.11 Å². The molecule has 1 aliphatic heterocycles. The summed E-state index contributed by atoms with van der Waals surface area (Å²) in [5.41, 5.74) is -0.531. The van der Waals surface area contributed by atoms with Crippen LogP contribution >= 0.6 is 0 Å². The van der Waals surface area contributed by atoms with Crippen molar-refractivity contribution >= 4 is 0 Å². The molecule has 0 unspecified atom stereocenters. The van der Waals surface area contributed by atoms with Crippen LogP contribution in [0.2, 0.25) is 0 Å². The van der Waals surface area contributed by atoms with Crippen LogP contribution in [0.3, 0.4) is 0 Å². The van der Waals surface area contributed by atoms with Crippen LogP contribution in [0.15, 0.2) is 30.3 Å². The maximum Gasteiger partial charge on any atom is 0.400 e. The summed E-state index contributed by atoms with van der Waals surface area (Å²) in [5, 5.41) is 0. The van der Waals surface area contributed by atoms with Crippen molar-refractivity contribution in [3.63, 3.8) is 0 Å². The van der Waals surface area contributed by atoms with E-state index in [4.69, 9.17) is 18.9 Å².